The Labute approximate surface area is 76.0 Å². The molecule has 4 nitrogen and oxygen atoms in total. The van der Waals surface area contributed by atoms with Crippen LogP contribution in [0.5, 0.6) is 5.75 Å². The summed E-state index contributed by atoms with van der Waals surface area (Å²) < 4.78 is 0. The van der Waals surface area contributed by atoms with E-state index in [1.165, 1.54) is 6.07 Å². The first-order valence-corrected chi connectivity index (χ1v) is 4.03. The second-order valence-electron chi connectivity index (χ2n) is 2.86. The van der Waals surface area contributed by atoms with Gasteiger partial charge in [0.2, 0.25) is 0 Å². The molecule has 0 aromatic heterocycles. The lowest BCUT2D eigenvalue weighted by Crippen LogP contribution is -1.95. The first-order chi connectivity index (χ1) is 6.06. The molecule has 70 valence electrons. The van der Waals surface area contributed by atoms with E-state index in [-0.39, 0.29) is 11.4 Å². The second kappa shape index (κ2) is 3.43. The van der Waals surface area contributed by atoms with Crippen molar-refractivity contribution >= 4 is 5.69 Å². The standard InChI is InChI=1S/C9H11NO3/c1-3-7-4-8(11)5-9(6(7)2)10(12)13/h4-5,11H,3H2,1-2H3. The number of benzene rings is 1. The summed E-state index contributed by atoms with van der Waals surface area (Å²) in [5.41, 5.74) is 1.42. The molecule has 0 atom stereocenters. The van der Waals surface area contributed by atoms with Gasteiger partial charge < -0.3 is 5.11 Å². The Kier molecular flexibility index (Phi) is 2.51. The lowest BCUT2D eigenvalue weighted by Gasteiger charge is -2.04. The van der Waals surface area contributed by atoms with E-state index in [0.717, 1.165) is 5.56 Å². The quantitative estimate of drug-likeness (QED) is 0.561. The van der Waals surface area contributed by atoms with E-state index in [1.807, 2.05) is 6.92 Å². The van der Waals surface area contributed by atoms with Crippen molar-refractivity contribution in [3.05, 3.63) is 33.4 Å². The van der Waals surface area contributed by atoms with Crippen molar-refractivity contribution in [2.24, 2.45) is 0 Å². The molecule has 0 bridgehead atoms. The van der Waals surface area contributed by atoms with Crippen molar-refractivity contribution < 1.29 is 10.0 Å². The zero-order valence-electron chi connectivity index (χ0n) is 7.57. The fourth-order valence-electron chi connectivity index (χ4n) is 1.30. The molecule has 0 fully saturated rings. The number of rotatable bonds is 2. The third-order valence-electron chi connectivity index (χ3n) is 2.05. The largest absolute Gasteiger partial charge is 0.508 e. The van der Waals surface area contributed by atoms with Gasteiger partial charge in [0.15, 0.2) is 0 Å². The predicted molar refractivity (Wildman–Crippen MR) is 48.9 cm³/mol. The highest BCUT2D eigenvalue weighted by Gasteiger charge is 2.14. The van der Waals surface area contributed by atoms with E-state index >= 15 is 0 Å². The monoisotopic (exact) mass is 181 g/mol. The van der Waals surface area contributed by atoms with Crippen LogP contribution in [0.4, 0.5) is 5.69 Å². The average Bonchev–Trinajstić information content (AvgIpc) is 2.08. The minimum Gasteiger partial charge on any atom is -0.508 e. The van der Waals surface area contributed by atoms with E-state index in [9.17, 15) is 15.2 Å². The van der Waals surface area contributed by atoms with Crippen LogP contribution in [0.25, 0.3) is 0 Å². The molecule has 0 radical (unpaired) electrons. The van der Waals surface area contributed by atoms with Crippen LogP contribution in [0, 0.1) is 17.0 Å². The maximum absolute atomic E-state index is 10.5. The van der Waals surface area contributed by atoms with Crippen LogP contribution in [0.1, 0.15) is 18.1 Å². The lowest BCUT2D eigenvalue weighted by molar-refractivity contribution is -0.385. The molecule has 4 heteroatoms. The molecule has 1 N–H and O–H groups in total. The summed E-state index contributed by atoms with van der Waals surface area (Å²) in [6, 6.07) is 2.73. The second-order valence-corrected chi connectivity index (χ2v) is 2.86. The molecule has 1 aromatic carbocycles. The summed E-state index contributed by atoms with van der Waals surface area (Å²) in [6.45, 7) is 3.59. The molecule has 1 aromatic rings. The van der Waals surface area contributed by atoms with Gasteiger partial charge >= 0.3 is 0 Å². The normalized spacial score (nSPS) is 10.0. The molecule has 0 saturated heterocycles. The number of nitro benzene ring substituents is 1. The highest BCUT2D eigenvalue weighted by atomic mass is 16.6. The highest BCUT2D eigenvalue weighted by molar-refractivity contribution is 5.49. The van der Waals surface area contributed by atoms with Crippen LogP contribution in [0.3, 0.4) is 0 Å². The average molecular weight is 181 g/mol. The number of nitro groups is 1. The Balaban J connectivity index is 3.35. The van der Waals surface area contributed by atoms with E-state index in [0.29, 0.717) is 12.0 Å². The van der Waals surface area contributed by atoms with Gasteiger partial charge in [-0.1, -0.05) is 6.92 Å². The first-order valence-electron chi connectivity index (χ1n) is 4.03. The number of nitrogens with zero attached hydrogens (tertiary/aromatic N) is 1. The number of hydrogen-bond donors (Lipinski definition) is 1. The van der Waals surface area contributed by atoms with E-state index < -0.39 is 4.92 Å². The minimum atomic E-state index is -0.478. The molecule has 0 amide bonds. The van der Waals surface area contributed by atoms with Crippen molar-refractivity contribution in [1.29, 1.82) is 0 Å². The number of aromatic hydroxyl groups is 1. The maximum Gasteiger partial charge on any atom is 0.276 e. The number of phenolic OH excluding ortho intramolecular Hbond substituents is 1. The topological polar surface area (TPSA) is 63.4 Å². The molecule has 0 aliphatic heterocycles. The number of aryl methyl sites for hydroxylation is 1. The van der Waals surface area contributed by atoms with Crippen LogP contribution < -0.4 is 0 Å². The molecular formula is C9H11NO3. The molecular weight excluding hydrogens is 170 g/mol. The number of phenols is 1. The van der Waals surface area contributed by atoms with E-state index in [2.05, 4.69) is 0 Å². The van der Waals surface area contributed by atoms with Gasteiger partial charge in [-0.25, -0.2) is 0 Å². The van der Waals surface area contributed by atoms with Crippen molar-refractivity contribution in [2.75, 3.05) is 0 Å². The van der Waals surface area contributed by atoms with Gasteiger partial charge in [0.05, 0.1) is 11.0 Å². The van der Waals surface area contributed by atoms with Gasteiger partial charge in [0, 0.05) is 5.56 Å². The zero-order valence-corrected chi connectivity index (χ0v) is 7.57. The minimum absolute atomic E-state index is 0.0168. The SMILES string of the molecule is CCc1cc(O)cc([N+](=O)[O-])c1C. The first kappa shape index (κ1) is 9.51. The number of hydrogen-bond acceptors (Lipinski definition) is 3. The summed E-state index contributed by atoms with van der Waals surface area (Å²) in [5, 5.41) is 19.7. The van der Waals surface area contributed by atoms with Gasteiger partial charge in [-0.2, -0.15) is 0 Å². The molecule has 13 heavy (non-hydrogen) atoms. The summed E-state index contributed by atoms with van der Waals surface area (Å²) in [4.78, 5) is 10.1. The van der Waals surface area contributed by atoms with Crippen LogP contribution in [0.15, 0.2) is 12.1 Å². The highest BCUT2D eigenvalue weighted by Crippen LogP contribution is 2.27. The van der Waals surface area contributed by atoms with Gasteiger partial charge in [0.1, 0.15) is 5.75 Å². The Morgan fingerprint density at radius 2 is 2.15 bits per heavy atom. The maximum atomic E-state index is 10.5. The smallest absolute Gasteiger partial charge is 0.276 e. The molecule has 0 aliphatic carbocycles. The van der Waals surface area contributed by atoms with Crippen LogP contribution in [-0.4, -0.2) is 10.0 Å². The van der Waals surface area contributed by atoms with E-state index in [1.54, 1.807) is 13.0 Å². The van der Waals surface area contributed by atoms with Crippen molar-refractivity contribution in [1.82, 2.24) is 0 Å². The van der Waals surface area contributed by atoms with Crippen molar-refractivity contribution in [2.45, 2.75) is 20.3 Å². The predicted octanol–water partition coefficient (Wildman–Crippen LogP) is 2.17. The molecule has 0 aliphatic rings. The Hall–Kier alpha value is -1.58. The van der Waals surface area contributed by atoms with Gasteiger partial charge in [0.25, 0.3) is 5.69 Å². The van der Waals surface area contributed by atoms with Crippen LogP contribution in [-0.2, 0) is 6.42 Å². The van der Waals surface area contributed by atoms with Crippen LogP contribution >= 0.6 is 0 Å². The van der Waals surface area contributed by atoms with Gasteiger partial charge in [-0.15, -0.1) is 0 Å². The Morgan fingerprint density at radius 3 is 2.62 bits per heavy atom. The Morgan fingerprint density at radius 1 is 1.54 bits per heavy atom. The molecule has 0 spiro atoms. The summed E-state index contributed by atoms with van der Waals surface area (Å²) in [6.07, 6.45) is 0.682. The van der Waals surface area contributed by atoms with Gasteiger partial charge in [-0.3, -0.25) is 10.1 Å². The van der Waals surface area contributed by atoms with E-state index in [4.69, 9.17) is 0 Å². The Bertz CT molecular complexity index is 347. The molecule has 0 heterocycles. The fraction of sp³-hybridized carbons (Fsp3) is 0.333. The summed E-state index contributed by atoms with van der Waals surface area (Å²) in [5.74, 6) is -0.0471. The summed E-state index contributed by atoms with van der Waals surface area (Å²) >= 11 is 0. The third kappa shape index (κ3) is 1.77. The molecule has 0 unspecified atom stereocenters. The third-order valence-corrected chi connectivity index (χ3v) is 2.05. The lowest BCUT2D eigenvalue weighted by atomic mass is 10.0. The molecule has 1 rings (SSSR count). The van der Waals surface area contributed by atoms with Crippen molar-refractivity contribution in [3.8, 4) is 5.75 Å². The van der Waals surface area contributed by atoms with Crippen molar-refractivity contribution in [3.63, 3.8) is 0 Å². The fourth-order valence-corrected chi connectivity index (χ4v) is 1.30. The molecule has 0 saturated carbocycles. The summed E-state index contributed by atoms with van der Waals surface area (Å²) in [7, 11) is 0. The zero-order chi connectivity index (χ0) is 10.0. The van der Waals surface area contributed by atoms with Crippen LogP contribution in [0.2, 0.25) is 0 Å². The van der Waals surface area contributed by atoms with Gasteiger partial charge in [-0.05, 0) is 25.0 Å².